The first kappa shape index (κ1) is 19.3. The van der Waals surface area contributed by atoms with Gasteiger partial charge in [0.25, 0.3) is 0 Å². The summed E-state index contributed by atoms with van der Waals surface area (Å²) in [6.07, 6.45) is 0.902. The molecule has 1 aromatic carbocycles. The summed E-state index contributed by atoms with van der Waals surface area (Å²) in [6, 6.07) is 7.34. The Bertz CT molecular complexity index is 513. The number of hydrogen-bond donors (Lipinski definition) is 4. The van der Waals surface area contributed by atoms with E-state index in [-0.39, 0.29) is 36.3 Å². The fourth-order valence-electron chi connectivity index (χ4n) is 2.35. The van der Waals surface area contributed by atoms with Gasteiger partial charge in [0.15, 0.2) is 0 Å². The lowest BCUT2D eigenvalue weighted by Crippen LogP contribution is -2.34. The van der Waals surface area contributed by atoms with Crippen LogP contribution >= 0.6 is 12.4 Å². The van der Waals surface area contributed by atoms with Crippen LogP contribution in [0.4, 0.5) is 10.5 Å². The first-order chi connectivity index (χ1) is 10.5. The highest BCUT2D eigenvalue weighted by Gasteiger charge is 2.21. The molecule has 0 aromatic heterocycles. The van der Waals surface area contributed by atoms with Crippen molar-refractivity contribution in [2.45, 2.75) is 32.9 Å². The van der Waals surface area contributed by atoms with Crippen molar-refractivity contribution in [3.8, 4) is 0 Å². The van der Waals surface area contributed by atoms with E-state index in [0.717, 1.165) is 30.8 Å². The van der Waals surface area contributed by atoms with Crippen molar-refractivity contribution < 1.29 is 9.59 Å². The van der Waals surface area contributed by atoms with Crippen LogP contribution in [0, 0.1) is 5.92 Å². The van der Waals surface area contributed by atoms with Gasteiger partial charge in [0, 0.05) is 24.8 Å². The summed E-state index contributed by atoms with van der Waals surface area (Å²) in [4.78, 5) is 23.5. The summed E-state index contributed by atoms with van der Waals surface area (Å²) in [6.45, 7) is 6.00. The summed E-state index contributed by atoms with van der Waals surface area (Å²) < 4.78 is 0. The van der Waals surface area contributed by atoms with Gasteiger partial charge in [-0.1, -0.05) is 12.1 Å². The second-order valence-electron chi connectivity index (χ2n) is 5.86. The molecule has 0 radical (unpaired) electrons. The number of benzene rings is 1. The number of rotatable bonds is 5. The molecule has 2 rings (SSSR count). The van der Waals surface area contributed by atoms with Gasteiger partial charge in [0.2, 0.25) is 5.91 Å². The highest BCUT2D eigenvalue weighted by Crippen LogP contribution is 2.11. The smallest absolute Gasteiger partial charge is 0.319 e. The molecule has 0 spiro atoms. The van der Waals surface area contributed by atoms with Crippen LogP contribution in [0.3, 0.4) is 0 Å². The SMILES string of the molecule is CC(C)NC(=O)Nc1ccc(CNC(=O)C2CCNC2)cc1.Cl. The van der Waals surface area contributed by atoms with Crippen molar-refractivity contribution in [3.05, 3.63) is 29.8 Å². The molecule has 1 saturated heterocycles. The highest BCUT2D eigenvalue weighted by atomic mass is 35.5. The van der Waals surface area contributed by atoms with Crippen molar-refractivity contribution in [2.24, 2.45) is 5.92 Å². The maximum Gasteiger partial charge on any atom is 0.319 e. The van der Waals surface area contributed by atoms with Crippen molar-refractivity contribution >= 4 is 30.0 Å². The quantitative estimate of drug-likeness (QED) is 0.660. The van der Waals surface area contributed by atoms with Crippen LogP contribution in [-0.2, 0) is 11.3 Å². The molecule has 7 heteroatoms. The van der Waals surface area contributed by atoms with Crippen molar-refractivity contribution in [3.63, 3.8) is 0 Å². The summed E-state index contributed by atoms with van der Waals surface area (Å²) >= 11 is 0. The van der Waals surface area contributed by atoms with E-state index in [0.29, 0.717) is 6.54 Å². The summed E-state index contributed by atoms with van der Waals surface area (Å²) in [5, 5.41) is 11.7. The first-order valence-electron chi connectivity index (χ1n) is 7.69. The summed E-state index contributed by atoms with van der Waals surface area (Å²) in [5.41, 5.74) is 1.74. The Morgan fingerprint density at radius 1 is 1.26 bits per heavy atom. The van der Waals surface area contributed by atoms with E-state index in [1.807, 2.05) is 38.1 Å². The molecule has 1 aliphatic rings. The third kappa shape index (κ3) is 6.46. The van der Waals surface area contributed by atoms with Gasteiger partial charge in [0.05, 0.1) is 5.92 Å². The van der Waals surface area contributed by atoms with E-state index < -0.39 is 0 Å². The van der Waals surface area contributed by atoms with Gasteiger partial charge in [-0.15, -0.1) is 12.4 Å². The highest BCUT2D eigenvalue weighted by molar-refractivity contribution is 5.89. The van der Waals surface area contributed by atoms with Crippen LogP contribution in [-0.4, -0.2) is 31.1 Å². The van der Waals surface area contributed by atoms with Gasteiger partial charge in [-0.2, -0.15) is 0 Å². The molecule has 1 atom stereocenters. The number of halogens is 1. The lowest BCUT2D eigenvalue weighted by molar-refractivity contribution is -0.124. The predicted octanol–water partition coefficient (Wildman–Crippen LogP) is 1.86. The van der Waals surface area contributed by atoms with Gasteiger partial charge in [-0.25, -0.2) is 4.79 Å². The van der Waals surface area contributed by atoms with E-state index in [4.69, 9.17) is 0 Å². The van der Waals surface area contributed by atoms with Gasteiger partial charge in [-0.3, -0.25) is 4.79 Å². The normalized spacial score (nSPS) is 16.6. The molecule has 0 aliphatic carbocycles. The Hall–Kier alpha value is -1.79. The van der Waals surface area contributed by atoms with Crippen LogP contribution in [0.15, 0.2) is 24.3 Å². The van der Waals surface area contributed by atoms with E-state index in [1.165, 1.54) is 0 Å². The second-order valence-corrected chi connectivity index (χ2v) is 5.86. The molecule has 1 fully saturated rings. The molecule has 3 amide bonds. The van der Waals surface area contributed by atoms with E-state index in [1.54, 1.807) is 0 Å². The topological polar surface area (TPSA) is 82.3 Å². The van der Waals surface area contributed by atoms with Crippen LogP contribution < -0.4 is 21.3 Å². The Labute approximate surface area is 143 Å². The fourth-order valence-corrected chi connectivity index (χ4v) is 2.35. The molecule has 0 bridgehead atoms. The minimum Gasteiger partial charge on any atom is -0.352 e. The van der Waals surface area contributed by atoms with Crippen molar-refractivity contribution in [1.29, 1.82) is 0 Å². The number of anilines is 1. The average Bonchev–Trinajstić information content (AvgIpc) is 2.99. The largest absolute Gasteiger partial charge is 0.352 e. The van der Waals surface area contributed by atoms with Crippen LogP contribution in [0.1, 0.15) is 25.8 Å². The van der Waals surface area contributed by atoms with Gasteiger partial charge < -0.3 is 21.3 Å². The number of nitrogens with one attached hydrogen (secondary N) is 4. The molecule has 1 aliphatic heterocycles. The number of urea groups is 1. The van der Waals surface area contributed by atoms with Gasteiger partial charge in [0.1, 0.15) is 0 Å². The maximum atomic E-state index is 11.9. The van der Waals surface area contributed by atoms with E-state index in [2.05, 4.69) is 21.3 Å². The van der Waals surface area contributed by atoms with Gasteiger partial charge >= 0.3 is 6.03 Å². The Morgan fingerprint density at radius 2 is 1.96 bits per heavy atom. The predicted molar refractivity (Wildman–Crippen MR) is 93.8 cm³/mol. The molecule has 4 N–H and O–H groups in total. The third-order valence-corrected chi connectivity index (χ3v) is 3.53. The Morgan fingerprint density at radius 3 is 2.52 bits per heavy atom. The molecule has 23 heavy (non-hydrogen) atoms. The zero-order chi connectivity index (χ0) is 15.9. The third-order valence-electron chi connectivity index (χ3n) is 3.53. The molecular formula is C16H25ClN4O2. The van der Waals surface area contributed by atoms with Gasteiger partial charge in [-0.05, 0) is 44.5 Å². The van der Waals surface area contributed by atoms with Crippen LogP contribution in [0.25, 0.3) is 0 Å². The Balaban J connectivity index is 0.00000264. The molecule has 1 unspecified atom stereocenters. The Kier molecular flexibility index (Phi) is 7.85. The van der Waals surface area contributed by atoms with E-state index in [9.17, 15) is 9.59 Å². The molecular weight excluding hydrogens is 316 g/mol. The molecule has 6 nitrogen and oxygen atoms in total. The van der Waals surface area contributed by atoms with Crippen LogP contribution in [0.2, 0.25) is 0 Å². The summed E-state index contributed by atoms with van der Waals surface area (Å²) in [7, 11) is 0. The number of hydrogen-bond acceptors (Lipinski definition) is 3. The first-order valence-corrected chi connectivity index (χ1v) is 7.69. The second kappa shape index (κ2) is 9.37. The maximum absolute atomic E-state index is 11.9. The van der Waals surface area contributed by atoms with E-state index >= 15 is 0 Å². The number of carbonyl (C=O) groups excluding carboxylic acids is 2. The molecule has 1 aromatic rings. The minimum atomic E-state index is -0.218. The number of carbonyl (C=O) groups is 2. The molecule has 0 saturated carbocycles. The molecule has 1 heterocycles. The van der Waals surface area contributed by atoms with Crippen LogP contribution in [0.5, 0.6) is 0 Å². The monoisotopic (exact) mass is 340 g/mol. The zero-order valence-corrected chi connectivity index (χ0v) is 14.3. The standard InChI is InChI=1S/C16H24N4O2.ClH/c1-11(2)19-16(22)20-14-5-3-12(4-6-14)9-18-15(21)13-7-8-17-10-13;/h3-6,11,13,17H,7-10H2,1-2H3,(H,18,21)(H2,19,20,22);1H. The van der Waals surface area contributed by atoms with Crippen molar-refractivity contribution in [1.82, 2.24) is 16.0 Å². The lowest BCUT2D eigenvalue weighted by atomic mass is 10.1. The van der Waals surface area contributed by atoms with Crippen molar-refractivity contribution in [2.75, 3.05) is 18.4 Å². The fraction of sp³-hybridized carbons (Fsp3) is 0.500. The summed E-state index contributed by atoms with van der Waals surface area (Å²) in [5.74, 6) is 0.184. The number of amides is 3. The average molecular weight is 341 g/mol. The minimum absolute atomic E-state index is 0. The zero-order valence-electron chi connectivity index (χ0n) is 13.5. The molecule has 128 valence electrons. The lowest BCUT2D eigenvalue weighted by Gasteiger charge is -2.12.